The Kier molecular flexibility index (Phi) is 5.75. The number of nitrogens with two attached hydrogens (primary N) is 1. The van der Waals surface area contributed by atoms with Gasteiger partial charge in [-0.3, -0.25) is 4.79 Å². The van der Waals surface area contributed by atoms with Gasteiger partial charge >= 0.3 is 0 Å². The van der Waals surface area contributed by atoms with Crippen LogP contribution < -0.4 is 11.1 Å². The second-order valence-electron chi connectivity index (χ2n) is 3.46. The number of ether oxygens (including phenoxy) is 1. The monoisotopic (exact) mass is 230 g/mol. The maximum absolute atomic E-state index is 11.6. The highest BCUT2D eigenvalue weighted by atomic mass is 32.2. The van der Waals surface area contributed by atoms with Crippen LogP contribution in [0.2, 0.25) is 0 Å². The van der Waals surface area contributed by atoms with Crippen LogP contribution in [0, 0.1) is 5.92 Å². The lowest BCUT2D eigenvalue weighted by Gasteiger charge is -2.12. The molecule has 0 spiro atoms. The Morgan fingerprint density at radius 1 is 1.67 bits per heavy atom. The third-order valence-corrected chi connectivity index (χ3v) is 3.21. The molecule has 3 N–H and O–H groups in total. The molecule has 4 nitrogen and oxygen atoms in total. The minimum absolute atomic E-state index is 0.0132. The number of rotatable bonds is 6. The van der Waals surface area contributed by atoms with Crippen molar-refractivity contribution in [2.45, 2.75) is 6.04 Å². The Morgan fingerprint density at radius 2 is 2.47 bits per heavy atom. The Balaban J connectivity index is 2.10. The number of amides is 1. The molecule has 0 aromatic carbocycles. The van der Waals surface area contributed by atoms with E-state index >= 15 is 0 Å². The van der Waals surface area contributed by atoms with Gasteiger partial charge in [0.25, 0.3) is 0 Å². The van der Waals surface area contributed by atoms with Gasteiger partial charge in [0, 0.05) is 24.1 Å². The van der Waals surface area contributed by atoms with Crippen molar-refractivity contribution < 1.29 is 9.53 Å². The first-order valence-electron chi connectivity index (χ1n) is 5.05. The Morgan fingerprint density at radius 3 is 3.07 bits per heavy atom. The van der Waals surface area contributed by atoms with Gasteiger partial charge in [-0.1, -0.05) is 6.08 Å². The van der Waals surface area contributed by atoms with E-state index in [1.807, 2.05) is 6.08 Å². The SMILES string of the molecule is C=CCSCCNC(=O)C1COCC1N. The first-order chi connectivity index (χ1) is 7.25. The predicted octanol–water partition coefficient (Wildman–Crippen LogP) is -0.00450. The van der Waals surface area contributed by atoms with Crippen LogP contribution in [0.15, 0.2) is 12.7 Å². The van der Waals surface area contributed by atoms with Gasteiger partial charge in [0.2, 0.25) is 5.91 Å². The molecule has 0 aromatic heterocycles. The molecule has 0 aromatic rings. The molecule has 1 fully saturated rings. The quantitative estimate of drug-likeness (QED) is 0.498. The standard InChI is InChI=1S/C10H18N2O2S/c1-2-4-15-5-3-12-10(13)8-6-14-7-9(8)11/h2,8-9H,1,3-7,11H2,(H,12,13). The Hall–Kier alpha value is -0.520. The molecule has 5 heteroatoms. The summed E-state index contributed by atoms with van der Waals surface area (Å²) in [6.45, 7) is 5.25. The van der Waals surface area contributed by atoms with Crippen molar-refractivity contribution in [2.75, 3.05) is 31.3 Å². The van der Waals surface area contributed by atoms with Crippen molar-refractivity contribution >= 4 is 17.7 Å². The lowest BCUT2D eigenvalue weighted by molar-refractivity contribution is -0.125. The van der Waals surface area contributed by atoms with Crippen LogP contribution in [-0.4, -0.2) is 43.2 Å². The average molecular weight is 230 g/mol. The summed E-state index contributed by atoms with van der Waals surface area (Å²) >= 11 is 1.74. The normalized spacial score (nSPS) is 25.1. The zero-order valence-electron chi connectivity index (χ0n) is 8.78. The molecule has 2 atom stereocenters. The molecule has 2 unspecified atom stereocenters. The van der Waals surface area contributed by atoms with E-state index in [1.165, 1.54) is 0 Å². The number of hydrogen-bond acceptors (Lipinski definition) is 4. The smallest absolute Gasteiger partial charge is 0.227 e. The van der Waals surface area contributed by atoms with E-state index in [-0.39, 0.29) is 17.9 Å². The molecule has 15 heavy (non-hydrogen) atoms. The lowest BCUT2D eigenvalue weighted by atomic mass is 10.0. The fraction of sp³-hybridized carbons (Fsp3) is 0.700. The first-order valence-corrected chi connectivity index (χ1v) is 6.21. The van der Waals surface area contributed by atoms with E-state index in [0.717, 1.165) is 11.5 Å². The van der Waals surface area contributed by atoms with Crippen molar-refractivity contribution in [2.24, 2.45) is 11.7 Å². The molecule has 1 aliphatic rings. The Labute approximate surface area is 94.6 Å². The van der Waals surface area contributed by atoms with E-state index < -0.39 is 0 Å². The summed E-state index contributed by atoms with van der Waals surface area (Å²) in [5, 5.41) is 2.86. The zero-order chi connectivity index (χ0) is 11.1. The van der Waals surface area contributed by atoms with Gasteiger partial charge in [-0.2, -0.15) is 11.8 Å². The second kappa shape index (κ2) is 6.87. The molecule has 1 aliphatic heterocycles. The second-order valence-corrected chi connectivity index (χ2v) is 4.61. The van der Waals surface area contributed by atoms with Gasteiger partial charge in [-0.05, 0) is 0 Å². The summed E-state index contributed by atoms with van der Waals surface area (Å²) < 4.78 is 5.13. The van der Waals surface area contributed by atoms with Gasteiger partial charge in [0.05, 0.1) is 19.1 Å². The number of thioether (sulfide) groups is 1. The maximum Gasteiger partial charge on any atom is 0.227 e. The van der Waals surface area contributed by atoms with Crippen molar-refractivity contribution in [3.63, 3.8) is 0 Å². The van der Waals surface area contributed by atoms with Crippen LogP contribution in [0.5, 0.6) is 0 Å². The minimum atomic E-state index is -0.172. The van der Waals surface area contributed by atoms with E-state index in [0.29, 0.717) is 19.8 Å². The van der Waals surface area contributed by atoms with Gasteiger partial charge in [-0.15, -0.1) is 6.58 Å². The van der Waals surface area contributed by atoms with Crippen LogP contribution in [0.3, 0.4) is 0 Å². The molecule has 0 bridgehead atoms. The van der Waals surface area contributed by atoms with E-state index in [2.05, 4.69) is 11.9 Å². The van der Waals surface area contributed by atoms with Crippen LogP contribution >= 0.6 is 11.8 Å². The molecule has 1 rings (SSSR count). The van der Waals surface area contributed by atoms with E-state index in [9.17, 15) is 4.79 Å². The highest BCUT2D eigenvalue weighted by Gasteiger charge is 2.30. The summed E-state index contributed by atoms with van der Waals surface area (Å²) in [5.74, 6) is 1.66. The number of carbonyl (C=O) groups excluding carboxylic acids is 1. The molecule has 1 saturated heterocycles. The summed E-state index contributed by atoms with van der Waals surface area (Å²) in [4.78, 5) is 11.6. The van der Waals surface area contributed by atoms with Gasteiger partial charge in [0.1, 0.15) is 0 Å². The topological polar surface area (TPSA) is 64.3 Å². The minimum Gasteiger partial charge on any atom is -0.379 e. The number of nitrogens with one attached hydrogen (secondary N) is 1. The van der Waals surface area contributed by atoms with Gasteiger partial charge in [-0.25, -0.2) is 0 Å². The fourth-order valence-electron chi connectivity index (χ4n) is 1.39. The summed E-state index contributed by atoms with van der Waals surface area (Å²) in [5.41, 5.74) is 5.73. The first kappa shape index (κ1) is 12.5. The van der Waals surface area contributed by atoms with Crippen LogP contribution in [0.4, 0.5) is 0 Å². The summed E-state index contributed by atoms with van der Waals surface area (Å²) in [6, 6.07) is -0.147. The lowest BCUT2D eigenvalue weighted by Crippen LogP contribution is -2.41. The number of carbonyl (C=O) groups is 1. The van der Waals surface area contributed by atoms with Crippen molar-refractivity contribution in [1.82, 2.24) is 5.32 Å². The van der Waals surface area contributed by atoms with Crippen LogP contribution in [-0.2, 0) is 9.53 Å². The predicted molar refractivity (Wildman–Crippen MR) is 62.8 cm³/mol. The molecule has 86 valence electrons. The fourth-order valence-corrected chi connectivity index (χ4v) is 1.96. The molecule has 0 saturated carbocycles. The van der Waals surface area contributed by atoms with Crippen molar-refractivity contribution in [1.29, 1.82) is 0 Å². The van der Waals surface area contributed by atoms with E-state index in [4.69, 9.17) is 10.5 Å². The Bertz CT molecular complexity index is 223. The van der Waals surface area contributed by atoms with Crippen LogP contribution in [0.1, 0.15) is 0 Å². The largest absolute Gasteiger partial charge is 0.379 e. The zero-order valence-corrected chi connectivity index (χ0v) is 9.59. The maximum atomic E-state index is 11.6. The van der Waals surface area contributed by atoms with Crippen LogP contribution in [0.25, 0.3) is 0 Å². The summed E-state index contributed by atoms with van der Waals surface area (Å²) in [7, 11) is 0. The molecule has 1 heterocycles. The van der Waals surface area contributed by atoms with Gasteiger partial charge in [0.15, 0.2) is 0 Å². The molecule has 0 radical (unpaired) electrons. The number of hydrogen-bond donors (Lipinski definition) is 2. The summed E-state index contributed by atoms with van der Waals surface area (Å²) in [6.07, 6.45) is 1.85. The molecular formula is C10H18N2O2S. The van der Waals surface area contributed by atoms with Gasteiger partial charge < -0.3 is 15.8 Å². The highest BCUT2D eigenvalue weighted by molar-refractivity contribution is 7.99. The van der Waals surface area contributed by atoms with Crippen molar-refractivity contribution in [3.8, 4) is 0 Å². The van der Waals surface area contributed by atoms with E-state index in [1.54, 1.807) is 11.8 Å². The highest BCUT2D eigenvalue weighted by Crippen LogP contribution is 2.11. The molecule has 1 amide bonds. The molecule has 0 aliphatic carbocycles. The van der Waals surface area contributed by atoms with Crippen molar-refractivity contribution in [3.05, 3.63) is 12.7 Å². The third-order valence-electron chi connectivity index (χ3n) is 2.24. The molecular weight excluding hydrogens is 212 g/mol. The third kappa shape index (κ3) is 4.24. The average Bonchev–Trinajstić information content (AvgIpc) is 2.64.